The van der Waals surface area contributed by atoms with Crippen LogP contribution in [0.3, 0.4) is 0 Å². The molecule has 12 heavy (non-hydrogen) atoms. The summed E-state index contributed by atoms with van der Waals surface area (Å²) in [5.41, 5.74) is 0. The molecule has 4 nitrogen and oxygen atoms in total. The lowest BCUT2D eigenvalue weighted by atomic mass is 10.1. The lowest BCUT2D eigenvalue weighted by Gasteiger charge is -2.19. The molecule has 0 saturated carbocycles. The Morgan fingerprint density at radius 2 is 2.50 bits per heavy atom. The monoisotopic (exact) mass is 174 g/mol. The Labute approximate surface area is 69.6 Å². The zero-order valence-corrected chi connectivity index (χ0v) is 6.62. The quantitative estimate of drug-likeness (QED) is 0.389. The Hall–Kier alpha value is -1.13. The zero-order valence-electron chi connectivity index (χ0n) is 6.62. The van der Waals surface area contributed by atoms with E-state index in [1.54, 1.807) is 6.08 Å². The van der Waals surface area contributed by atoms with E-state index in [9.17, 15) is 14.5 Å². The maximum Gasteiger partial charge on any atom is 0.255 e. The summed E-state index contributed by atoms with van der Waals surface area (Å²) in [5, 5.41) is 12.5. The molecule has 0 aliphatic carbocycles. The van der Waals surface area contributed by atoms with Crippen molar-refractivity contribution >= 4 is 0 Å². The molecule has 1 atom stereocenters. The Kier molecular flexibility index (Phi) is 2.62. The molecule has 0 aromatic rings. The van der Waals surface area contributed by atoms with Crippen LogP contribution in [0.25, 0.3) is 0 Å². The van der Waals surface area contributed by atoms with Crippen LogP contribution in [0.1, 0.15) is 19.3 Å². The van der Waals surface area contributed by atoms with Crippen LogP contribution in [0.15, 0.2) is 12.3 Å². The van der Waals surface area contributed by atoms with Crippen molar-refractivity contribution in [2.24, 2.45) is 0 Å². The third-order valence-corrected chi connectivity index (χ3v) is 1.78. The third-order valence-electron chi connectivity index (χ3n) is 1.78. The SMILES string of the molecule is O=[N+]([O-])CC1(F)CCCC=CN1. The molecule has 0 saturated heterocycles. The van der Waals surface area contributed by atoms with E-state index in [2.05, 4.69) is 5.32 Å². The van der Waals surface area contributed by atoms with E-state index in [0.29, 0.717) is 6.42 Å². The number of alkyl halides is 1. The molecule has 1 rings (SSSR count). The standard InChI is InChI=1S/C7H11FN2O2/c8-7(6-10(11)12)4-2-1-3-5-9-7/h3,5,9H,1-2,4,6H2. The summed E-state index contributed by atoms with van der Waals surface area (Å²) in [6, 6.07) is 0. The van der Waals surface area contributed by atoms with E-state index >= 15 is 0 Å². The number of nitrogens with one attached hydrogen (secondary N) is 1. The first-order valence-electron chi connectivity index (χ1n) is 3.86. The van der Waals surface area contributed by atoms with Gasteiger partial charge in [0.1, 0.15) is 0 Å². The smallest absolute Gasteiger partial charge is 0.255 e. The number of nitrogens with zero attached hydrogens (tertiary/aromatic N) is 1. The minimum absolute atomic E-state index is 0.195. The van der Waals surface area contributed by atoms with Crippen molar-refractivity contribution in [1.82, 2.24) is 5.32 Å². The molecule has 0 radical (unpaired) electrons. The van der Waals surface area contributed by atoms with Gasteiger partial charge < -0.3 is 5.32 Å². The summed E-state index contributed by atoms with van der Waals surface area (Å²) in [6.07, 6.45) is 4.85. The lowest BCUT2D eigenvalue weighted by molar-refractivity contribution is -0.498. The summed E-state index contributed by atoms with van der Waals surface area (Å²) in [7, 11) is 0. The summed E-state index contributed by atoms with van der Waals surface area (Å²) in [5.74, 6) is -1.85. The first-order chi connectivity index (χ1) is 5.62. The maximum absolute atomic E-state index is 13.5. The molecule has 1 aliphatic rings. The van der Waals surface area contributed by atoms with Crippen LogP contribution in [0.5, 0.6) is 0 Å². The molecule has 0 aromatic heterocycles. The van der Waals surface area contributed by atoms with E-state index in [-0.39, 0.29) is 6.42 Å². The van der Waals surface area contributed by atoms with Gasteiger partial charge in [0.05, 0.1) is 0 Å². The van der Waals surface area contributed by atoms with Gasteiger partial charge in [-0.2, -0.15) is 0 Å². The zero-order chi connectivity index (χ0) is 9.03. The minimum atomic E-state index is -1.85. The Morgan fingerprint density at radius 1 is 1.75 bits per heavy atom. The second-order valence-electron chi connectivity index (χ2n) is 2.90. The van der Waals surface area contributed by atoms with Crippen LogP contribution in [0.4, 0.5) is 4.39 Å². The van der Waals surface area contributed by atoms with E-state index in [0.717, 1.165) is 6.42 Å². The first-order valence-corrected chi connectivity index (χ1v) is 3.86. The average molecular weight is 174 g/mol. The van der Waals surface area contributed by atoms with Crippen molar-refractivity contribution in [1.29, 1.82) is 0 Å². The van der Waals surface area contributed by atoms with Crippen LogP contribution < -0.4 is 5.32 Å². The fourth-order valence-corrected chi connectivity index (χ4v) is 1.19. The van der Waals surface area contributed by atoms with Gasteiger partial charge in [0.25, 0.3) is 6.54 Å². The van der Waals surface area contributed by atoms with E-state index in [1.807, 2.05) is 0 Å². The predicted octanol–water partition coefficient (Wildman–Crippen LogP) is 1.22. The molecule has 1 N–H and O–H groups in total. The largest absolute Gasteiger partial charge is 0.355 e. The van der Waals surface area contributed by atoms with Crippen LogP contribution in [-0.2, 0) is 0 Å². The van der Waals surface area contributed by atoms with Crippen LogP contribution in [0.2, 0.25) is 0 Å². The van der Waals surface area contributed by atoms with E-state index in [1.165, 1.54) is 6.20 Å². The van der Waals surface area contributed by atoms with Crippen molar-refractivity contribution < 1.29 is 9.31 Å². The predicted molar refractivity (Wildman–Crippen MR) is 41.8 cm³/mol. The van der Waals surface area contributed by atoms with E-state index in [4.69, 9.17) is 0 Å². The topological polar surface area (TPSA) is 55.2 Å². The van der Waals surface area contributed by atoms with Crippen molar-refractivity contribution in [3.63, 3.8) is 0 Å². The Morgan fingerprint density at radius 3 is 3.17 bits per heavy atom. The van der Waals surface area contributed by atoms with Gasteiger partial charge in [-0.15, -0.1) is 0 Å². The number of nitro groups is 1. The molecule has 0 aromatic carbocycles. The van der Waals surface area contributed by atoms with Gasteiger partial charge in [0.2, 0.25) is 5.79 Å². The van der Waals surface area contributed by atoms with Gasteiger partial charge in [0, 0.05) is 11.3 Å². The molecular formula is C7H11FN2O2. The highest BCUT2D eigenvalue weighted by Crippen LogP contribution is 2.19. The van der Waals surface area contributed by atoms with Gasteiger partial charge in [0.15, 0.2) is 0 Å². The summed E-state index contributed by atoms with van der Waals surface area (Å²) < 4.78 is 13.5. The number of allylic oxidation sites excluding steroid dienone is 1. The summed E-state index contributed by atoms with van der Waals surface area (Å²) in [6.45, 7) is -0.669. The minimum Gasteiger partial charge on any atom is -0.355 e. The van der Waals surface area contributed by atoms with Crippen molar-refractivity contribution in [3.8, 4) is 0 Å². The molecule has 68 valence electrons. The highest BCUT2D eigenvalue weighted by atomic mass is 19.1. The van der Waals surface area contributed by atoms with Gasteiger partial charge in [-0.05, 0) is 19.0 Å². The molecule has 0 bridgehead atoms. The fourth-order valence-electron chi connectivity index (χ4n) is 1.19. The van der Waals surface area contributed by atoms with Gasteiger partial charge in [-0.25, -0.2) is 4.39 Å². The van der Waals surface area contributed by atoms with Gasteiger partial charge >= 0.3 is 0 Å². The molecule has 1 heterocycles. The Bertz CT molecular complexity index is 208. The molecule has 1 aliphatic heterocycles. The highest BCUT2D eigenvalue weighted by molar-refractivity contribution is 4.91. The van der Waals surface area contributed by atoms with E-state index < -0.39 is 17.3 Å². The lowest BCUT2D eigenvalue weighted by Crippen LogP contribution is -2.43. The van der Waals surface area contributed by atoms with Gasteiger partial charge in [-0.1, -0.05) is 6.08 Å². The van der Waals surface area contributed by atoms with Crippen molar-refractivity contribution in [2.45, 2.75) is 25.1 Å². The van der Waals surface area contributed by atoms with Crippen LogP contribution in [0, 0.1) is 10.1 Å². The molecule has 0 fully saturated rings. The third kappa shape index (κ3) is 2.48. The van der Waals surface area contributed by atoms with Crippen molar-refractivity contribution in [3.05, 3.63) is 22.4 Å². The molecule has 0 spiro atoms. The summed E-state index contributed by atoms with van der Waals surface area (Å²) in [4.78, 5) is 9.45. The number of hydrogen-bond donors (Lipinski definition) is 1. The molecule has 1 unspecified atom stereocenters. The van der Waals surface area contributed by atoms with Gasteiger partial charge in [-0.3, -0.25) is 10.1 Å². The average Bonchev–Trinajstić information content (AvgIpc) is 2.12. The summed E-state index contributed by atoms with van der Waals surface area (Å²) >= 11 is 0. The number of rotatable bonds is 2. The Balaban J connectivity index is 2.55. The number of halogens is 1. The highest BCUT2D eigenvalue weighted by Gasteiger charge is 2.34. The van der Waals surface area contributed by atoms with Crippen LogP contribution >= 0.6 is 0 Å². The molecular weight excluding hydrogens is 163 g/mol. The van der Waals surface area contributed by atoms with Crippen molar-refractivity contribution in [2.75, 3.05) is 6.54 Å². The normalized spacial score (nSPS) is 29.1. The molecule has 5 heteroatoms. The maximum atomic E-state index is 13.5. The van der Waals surface area contributed by atoms with Crippen LogP contribution in [-0.4, -0.2) is 17.3 Å². The second-order valence-corrected chi connectivity index (χ2v) is 2.90. The first kappa shape index (κ1) is 8.96. The number of hydrogen-bond acceptors (Lipinski definition) is 3. The molecule has 0 amide bonds. The second kappa shape index (κ2) is 3.51. The fraction of sp³-hybridized carbons (Fsp3) is 0.714.